The number of benzene rings is 1. The van der Waals surface area contributed by atoms with Crippen LogP contribution in [0, 0.1) is 5.92 Å². The van der Waals surface area contributed by atoms with Gasteiger partial charge in [-0.1, -0.05) is 56.5 Å². The van der Waals surface area contributed by atoms with Crippen molar-refractivity contribution in [2.45, 2.75) is 24.7 Å². The number of alkyl halides is 2. The second kappa shape index (κ2) is 3.89. The Hall–Kier alpha value is -1.70. The van der Waals surface area contributed by atoms with Crippen LogP contribution in [0.3, 0.4) is 0 Å². The van der Waals surface area contributed by atoms with Gasteiger partial charge in [-0.3, -0.25) is 0 Å². The number of allylic oxidation sites excluding steroid dienone is 4. The van der Waals surface area contributed by atoms with Gasteiger partial charge in [-0.15, -0.1) is 0 Å². The minimum atomic E-state index is -2.66. The molecule has 98 valence electrons. The topological polar surface area (TPSA) is 0 Å². The summed E-state index contributed by atoms with van der Waals surface area (Å²) in [6.07, 6.45) is 3.28. The van der Waals surface area contributed by atoms with Crippen LogP contribution in [-0.2, 0) is 0 Å². The molecular formula is C17H16F2. The van der Waals surface area contributed by atoms with Crippen LogP contribution in [0.4, 0.5) is 8.78 Å². The first-order valence-electron chi connectivity index (χ1n) is 6.49. The van der Waals surface area contributed by atoms with Crippen molar-refractivity contribution in [3.8, 4) is 0 Å². The highest BCUT2D eigenvalue weighted by atomic mass is 19.3. The minimum Gasteiger partial charge on any atom is -0.205 e. The maximum absolute atomic E-state index is 14.1. The lowest BCUT2D eigenvalue weighted by Crippen LogP contribution is -2.06. The number of hydrogen-bond acceptors (Lipinski definition) is 0. The summed E-state index contributed by atoms with van der Waals surface area (Å²) in [5.74, 6) is -4.00. The van der Waals surface area contributed by atoms with Gasteiger partial charge in [-0.2, -0.15) is 0 Å². The molecule has 2 heteroatoms. The third-order valence-electron chi connectivity index (χ3n) is 4.43. The largest absolute Gasteiger partial charge is 0.263 e. The molecule has 0 saturated heterocycles. The Balaban J connectivity index is 2.28. The van der Waals surface area contributed by atoms with E-state index in [1.165, 1.54) is 0 Å². The second-order valence-electron chi connectivity index (χ2n) is 5.30. The summed E-state index contributed by atoms with van der Waals surface area (Å²) < 4.78 is 28.2. The molecule has 1 saturated carbocycles. The van der Waals surface area contributed by atoms with Gasteiger partial charge in [0, 0.05) is 5.92 Å². The van der Waals surface area contributed by atoms with Crippen LogP contribution in [-0.4, -0.2) is 5.92 Å². The summed E-state index contributed by atoms with van der Waals surface area (Å²) in [5, 5.41) is 0. The van der Waals surface area contributed by atoms with E-state index in [9.17, 15) is 8.78 Å². The average Bonchev–Trinajstić information content (AvgIpc) is 2.99. The minimum absolute atomic E-state index is 0.0882. The first-order valence-corrected chi connectivity index (χ1v) is 6.49. The number of hydrogen-bond donors (Lipinski definition) is 0. The van der Waals surface area contributed by atoms with Gasteiger partial charge in [-0.05, 0) is 22.3 Å². The van der Waals surface area contributed by atoms with Gasteiger partial charge < -0.3 is 0 Å². The van der Waals surface area contributed by atoms with Crippen molar-refractivity contribution in [3.05, 3.63) is 71.8 Å². The van der Waals surface area contributed by atoms with Crippen molar-refractivity contribution in [2.75, 3.05) is 0 Å². The smallest absolute Gasteiger partial charge is 0.205 e. The van der Waals surface area contributed by atoms with Crippen molar-refractivity contribution in [1.82, 2.24) is 0 Å². The fourth-order valence-corrected chi connectivity index (χ4v) is 3.43. The predicted molar refractivity (Wildman–Crippen MR) is 73.5 cm³/mol. The highest BCUT2D eigenvalue weighted by molar-refractivity contribution is 5.56. The van der Waals surface area contributed by atoms with E-state index in [-0.39, 0.29) is 5.92 Å². The van der Waals surface area contributed by atoms with Crippen LogP contribution in [0.5, 0.6) is 0 Å². The zero-order valence-electron chi connectivity index (χ0n) is 10.9. The Morgan fingerprint density at radius 2 is 1.58 bits per heavy atom. The average molecular weight is 258 g/mol. The van der Waals surface area contributed by atoms with Crippen molar-refractivity contribution in [2.24, 2.45) is 5.92 Å². The van der Waals surface area contributed by atoms with Crippen LogP contribution in [0.1, 0.15) is 29.9 Å². The van der Waals surface area contributed by atoms with E-state index in [4.69, 9.17) is 0 Å². The second-order valence-corrected chi connectivity index (χ2v) is 5.30. The summed E-state index contributed by atoms with van der Waals surface area (Å²) in [4.78, 5) is 0. The molecular weight excluding hydrogens is 242 g/mol. The molecule has 0 bridgehead atoms. The zero-order valence-corrected chi connectivity index (χ0v) is 10.9. The van der Waals surface area contributed by atoms with Gasteiger partial charge in [0.2, 0.25) is 0 Å². The molecule has 3 atom stereocenters. The Morgan fingerprint density at radius 1 is 1.00 bits per heavy atom. The van der Waals surface area contributed by atoms with E-state index in [1.807, 2.05) is 31.2 Å². The van der Waals surface area contributed by atoms with E-state index in [1.54, 1.807) is 12.2 Å². The molecule has 2 aliphatic rings. The molecule has 0 N–H and O–H groups in total. The highest BCUT2D eigenvalue weighted by Crippen LogP contribution is 2.68. The van der Waals surface area contributed by atoms with Gasteiger partial charge in [0.05, 0.1) is 11.8 Å². The molecule has 1 aromatic rings. The number of fused-ring (bicyclic) bond motifs is 3. The predicted octanol–water partition coefficient (Wildman–Crippen LogP) is 4.82. The van der Waals surface area contributed by atoms with Gasteiger partial charge in [0.1, 0.15) is 0 Å². The summed E-state index contributed by atoms with van der Waals surface area (Å²) >= 11 is 0. The Bertz CT molecular complexity index is 595. The first-order chi connectivity index (χ1) is 9.04. The van der Waals surface area contributed by atoms with Gasteiger partial charge in [0.15, 0.2) is 0 Å². The molecule has 3 rings (SSSR count). The number of halogens is 2. The molecule has 19 heavy (non-hydrogen) atoms. The van der Waals surface area contributed by atoms with Gasteiger partial charge in [-0.25, -0.2) is 8.78 Å². The van der Waals surface area contributed by atoms with E-state index < -0.39 is 17.8 Å². The SMILES string of the molecule is C=CC1=C(C=C)C2C(c3ccccc3C1C)C2(F)F. The van der Waals surface area contributed by atoms with E-state index in [2.05, 4.69) is 13.2 Å². The van der Waals surface area contributed by atoms with Gasteiger partial charge >= 0.3 is 0 Å². The molecule has 0 radical (unpaired) electrons. The molecule has 0 heterocycles. The van der Waals surface area contributed by atoms with Crippen LogP contribution < -0.4 is 0 Å². The molecule has 1 aromatic carbocycles. The van der Waals surface area contributed by atoms with Crippen molar-refractivity contribution in [3.63, 3.8) is 0 Å². The lowest BCUT2D eigenvalue weighted by atomic mass is 9.87. The molecule has 2 aliphatic carbocycles. The lowest BCUT2D eigenvalue weighted by Gasteiger charge is -2.18. The van der Waals surface area contributed by atoms with E-state index in [0.717, 1.165) is 16.7 Å². The zero-order chi connectivity index (χ0) is 13.8. The Morgan fingerprint density at radius 3 is 2.16 bits per heavy atom. The van der Waals surface area contributed by atoms with Crippen molar-refractivity contribution >= 4 is 0 Å². The number of rotatable bonds is 2. The highest BCUT2D eigenvalue weighted by Gasteiger charge is 2.70. The summed E-state index contributed by atoms with van der Waals surface area (Å²) in [6.45, 7) is 9.57. The molecule has 0 nitrogen and oxygen atoms in total. The van der Waals surface area contributed by atoms with E-state index in [0.29, 0.717) is 5.57 Å². The maximum Gasteiger partial charge on any atom is 0.263 e. The fraction of sp³-hybridized carbons (Fsp3) is 0.294. The summed E-state index contributed by atoms with van der Waals surface area (Å²) in [7, 11) is 0. The molecule has 0 spiro atoms. The maximum atomic E-state index is 14.1. The van der Waals surface area contributed by atoms with E-state index >= 15 is 0 Å². The van der Waals surface area contributed by atoms with Crippen LogP contribution in [0.2, 0.25) is 0 Å². The van der Waals surface area contributed by atoms with Crippen LogP contribution in [0.25, 0.3) is 0 Å². The van der Waals surface area contributed by atoms with Gasteiger partial charge in [0.25, 0.3) is 5.92 Å². The standard InChI is InChI=1S/C17H16F2/c1-4-11-10(3)13-8-6-7-9-14(13)16-15(12(11)5-2)17(16,18)19/h4-10,15-16H,1-2H2,3H3. The third-order valence-corrected chi connectivity index (χ3v) is 4.43. The Kier molecular flexibility index (Phi) is 2.53. The Labute approximate surface area is 112 Å². The first kappa shape index (κ1) is 12.3. The van der Waals surface area contributed by atoms with Crippen LogP contribution in [0.15, 0.2) is 60.7 Å². The molecule has 0 aliphatic heterocycles. The monoisotopic (exact) mass is 258 g/mol. The quantitative estimate of drug-likeness (QED) is 0.713. The fourth-order valence-electron chi connectivity index (χ4n) is 3.43. The summed E-state index contributed by atoms with van der Waals surface area (Å²) in [6, 6.07) is 7.52. The normalized spacial score (nSPS) is 31.0. The van der Waals surface area contributed by atoms with Crippen molar-refractivity contribution in [1.29, 1.82) is 0 Å². The van der Waals surface area contributed by atoms with Crippen LogP contribution >= 0.6 is 0 Å². The molecule has 3 unspecified atom stereocenters. The molecule has 0 amide bonds. The molecule has 0 aromatic heterocycles. The lowest BCUT2D eigenvalue weighted by molar-refractivity contribution is 0.0989. The summed E-state index contributed by atoms with van der Waals surface area (Å²) in [5.41, 5.74) is 3.31. The third kappa shape index (κ3) is 1.49. The molecule has 1 fully saturated rings. The van der Waals surface area contributed by atoms with Crippen molar-refractivity contribution < 1.29 is 8.78 Å².